The van der Waals surface area contributed by atoms with E-state index in [1.807, 2.05) is 39.8 Å². The molecule has 7 N–H and O–H groups in total. The molecule has 6 aromatic carbocycles. The summed E-state index contributed by atoms with van der Waals surface area (Å²) in [7, 11) is -0.950. The highest BCUT2D eigenvalue weighted by Crippen LogP contribution is 2.42. The summed E-state index contributed by atoms with van der Waals surface area (Å²) in [6, 6.07) is 28.4. The number of aromatic nitrogens is 4. The van der Waals surface area contributed by atoms with Gasteiger partial charge in [0, 0.05) is 105 Å². The summed E-state index contributed by atoms with van der Waals surface area (Å²) in [6.07, 6.45) is -1.61. The maximum Gasteiger partial charge on any atom is 0.497 e. The lowest BCUT2D eigenvalue weighted by atomic mass is 9.77. The van der Waals surface area contributed by atoms with Gasteiger partial charge in [0.05, 0.1) is 68.8 Å². The number of benzene rings is 6. The Hall–Kier alpha value is -7.57. The molecule has 4 amide bonds. The number of carbonyl (C=O) groups is 6. The molecule has 7 heterocycles. The number of rotatable bonds is 14. The molecule has 5 aliphatic rings. The normalized spacial score (nSPS) is 18.5. The Labute approximate surface area is 599 Å². The lowest BCUT2D eigenvalue weighted by Gasteiger charge is -2.32. The van der Waals surface area contributed by atoms with E-state index in [-0.39, 0.29) is 106 Å². The van der Waals surface area contributed by atoms with Gasteiger partial charge in [-0.3, -0.25) is 38.1 Å². The molecule has 19 nitrogen and oxygen atoms in total. The van der Waals surface area contributed by atoms with Crippen LogP contribution in [0.2, 0.25) is 10.0 Å². The lowest BCUT2D eigenvalue weighted by Crippen LogP contribution is -2.43. The minimum atomic E-state index is -1.41. The molecule has 0 saturated carbocycles. The molecule has 30 heteroatoms. The molecule has 8 aromatic rings. The van der Waals surface area contributed by atoms with E-state index >= 15 is 8.78 Å². The molecule has 4 atom stereocenters. The van der Waals surface area contributed by atoms with Crippen LogP contribution in [0, 0.1) is 11.6 Å². The number of fused-ring (bicyclic) bond motifs is 4. The van der Waals surface area contributed by atoms with Crippen molar-refractivity contribution in [3.63, 3.8) is 0 Å². The van der Waals surface area contributed by atoms with Crippen LogP contribution in [-0.2, 0) is 83.2 Å². The van der Waals surface area contributed by atoms with E-state index in [4.69, 9.17) is 44.0 Å². The van der Waals surface area contributed by atoms with Gasteiger partial charge in [-0.25, -0.2) is 17.6 Å². The van der Waals surface area contributed by atoms with Gasteiger partial charge in [-0.15, -0.1) is 0 Å². The maximum absolute atomic E-state index is 15.8. The van der Waals surface area contributed by atoms with Crippen molar-refractivity contribution in [2.45, 2.75) is 122 Å². The van der Waals surface area contributed by atoms with Crippen LogP contribution in [0.4, 0.5) is 34.6 Å². The van der Waals surface area contributed by atoms with E-state index in [0.29, 0.717) is 44.6 Å². The van der Waals surface area contributed by atoms with Gasteiger partial charge in [0.25, 0.3) is 11.8 Å². The molecule has 518 valence electrons. The Morgan fingerprint density at radius 3 is 1.64 bits per heavy atom. The second-order valence-electron chi connectivity index (χ2n) is 24.7. The summed E-state index contributed by atoms with van der Waals surface area (Å²) in [5, 5.41) is 20.3. The number of primary amides is 2. The fraction of sp³-hybridized carbons (Fsp3) is 0.353. The predicted molar refractivity (Wildman–Crippen MR) is 388 cm³/mol. The van der Waals surface area contributed by atoms with Crippen molar-refractivity contribution < 1.29 is 55.6 Å². The number of nitrogens with one attached hydrogen (secondary N) is 3. The molecule has 0 spiro atoms. The number of amides is 4. The van der Waals surface area contributed by atoms with E-state index in [1.54, 1.807) is 78.9 Å². The highest BCUT2D eigenvalue weighted by atomic mass is 79.9. The minimum Gasteiger partial charge on any atom is -0.399 e. The zero-order valence-corrected chi connectivity index (χ0v) is 58.8. The van der Waals surface area contributed by atoms with Crippen molar-refractivity contribution >= 4 is 162 Å². The topological polar surface area (TPSA) is 251 Å². The number of hydrogen-bond acceptors (Lipinski definition) is 15. The molecule has 3 fully saturated rings. The molecular weight excluding hydrogens is 1430 g/mol. The van der Waals surface area contributed by atoms with Crippen LogP contribution in [0.25, 0.3) is 32.9 Å². The summed E-state index contributed by atoms with van der Waals surface area (Å²) in [5.41, 5.74) is 15.6. The van der Waals surface area contributed by atoms with Gasteiger partial charge in [0.15, 0.2) is 23.0 Å². The Kier molecular flexibility index (Phi) is 25.0. The highest BCUT2D eigenvalue weighted by molar-refractivity contribution is 9.10. The molecular formula is C68H73BBrCl2F4N11O8S3. The highest BCUT2D eigenvalue weighted by Gasteiger charge is 2.53. The second-order valence-corrected chi connectivity index (χ2v) is 26.3. The third kappa shape index (κ3) is 16.0. The van der Waals surface area contributed by atoms with Crippen molar-refractivity contribution in [1.29, 1.82) is 0 Å². The molecule has 98 heavy (non-hydrogen) atoms. The molecule has 0 aliphatic carbocycles. The van der Waals surface area contributed by atoms with Crippen LogP contribution in [0.3, 0.4) is 0 Å². The van der Waals surface area contributed by atoms with Crippen LogP contribution in [0.5, 0.6) is 0 Å². The average molecular weight is 1510 g/mol. The monoisotopic (exact) mass is 1500 g/mol. The predicted octanol–water partition coefficient (Wildman–Crippen LogP) is 10.7. The molecule has 0 bridgehead atoms. The fourth-order valence-corrected chi connectivity index (χ4v) is 13.4. The average Bonchev–Trinajstić information content (AvgIpc) is 1.53. The minimum absolute atomic E-state index is 0. The fourth-order valence-electron chi connectivity index (χ4n) is 12.4. The number of ketones is 2. The number of likely N-dealkylation sites (tertiary alicyclic amines) is 2. The number of nitrogens with two attached hydrogens (primary N) is 2. The first-order valence-electron chi connectivity index (χ1n) is 30.8. The number of Topliss-reactive ketones (excluding diaryl/α,β-unsaturated/α-hetero) is 2. The van der Waals surface area contributed by atoms with Crippen molar-refractivity contribution in [1.82, 2.24) is 29.4 Å². The van der Waals surface area contributed by atoms with Crippen molar-refractivity contribution in [3.8, 4) is 11.1 Å². The maximum atomic E-state index is 15.8. The number of anilines is 3. The zero-order chi connectivity index (χ0) is 69.1. The molecule has 3 saturated heterocycles. The van der Waals surface area contributed by atoms with Gasteiger partial charge in [0.2, 0.25) is 11.8 Å². The first-order valence-corrected chi connectivity index (χ1v) is 33.7. The second kappa shape index (κ2) is 32.2. The van der Waals surface area contributed by atoms with Crippen molar-refractivity contribution in [3.05, 3.63) is 163 Å². The number of alkyl halides is 2. The Morgan fingerprint density at radius 2 is 1.11 bits per heavy atom. The molecule has 13 rings (SSSR count). The third-order valence-electron chi connectivity index (χ3n) is 18.0. The van der Waals surface area contributed by atoms with E-state index in [0.717, 1.165) is 34.7 Å². The largest absolute Gasteiger partial charge is 0.497 e. The zero-order valence-electron chi connectivity index (χ0n) is 53.0. The van der Waals surface area contributed by atoms with E-state index in [2.05, 4.69) is 70.5 Å². The first-order chi connectivity index (χ1) is 45.8. The summed E-state index contributed by atoms with van der Waals surface area (Å²) in [4.78, 5) is 79.5. The van der Waals surface area contributed by atoms with E-state index < -0.39 is 89.6 Å². The van der Waals surface area contributed by atoms with Crippen LogP contribution >= 0.6 is 52.6 Å². The van der Waals surface area contributed by atoms with Gasteiger partial charge in [-0.2, -0.15) is 23.7 Å². The van der Waals surface area contributed by atoms with Crippen LogP contribution < -0.4 is 32.9 Å². The summed E-state index contributed by atoms with van der Waals surface area (Å²) in [6.45, 7) is 8.71. The Balaban J connectivity index is 0.000000205. The van der Waals surface area contributed by atoms with Gasteiger partial charge in [-0.1, -0.05) is 109 Å². The molecule has 0 unspecified atom stereocenters. The third-order valence-corrected chi connectivity index (χ3v) is 19.7. The molecule has 2 aromatic heterocycles. The lowest BCUT2D eigenvalue weighted by molar-refractivity contribution is -0.138. The van der Waals surface area contributed by atoms with E-state index in [1.165, 1.54) is 49.0 Å². The quantitative estimate of drug-likeness (QED) is 0.0501. The van der Waals surface area contributed by atoms with Crippen LogP contribution in [0.1, 0.15) is 92.1 Å². The van der Waals surface area contributed by atoms with Crippen molar-refractivity contribution in [2.75, 3.05) is 48.7 Å². The van der Waals surface area contributed by atoms with Gasteiger partial charge in [-0.05, 0) is 103 Å². The Morgan fingerprint density at radius 1 is 0.633 bits per heavy atom. The Bertz CT molecular complexity index is 4350. The standard InChI is InChI=1S/C30H27ClF2N6O3.C28H31BF2N4O5.C9H9BrClN.CH4.S2.H2S/c31-26-18(8-9-21-29(26)36-11-10-35-21)19-6-3-4-16(27(19)33)12-24(40)23-13-17(32)14-38(23)25(41)15-39-22-7-2-1-5-20(22)28(37-39)30(34)42;1-27(2)28(3,4)40-29(39-27)19-10-7-8-16(24(19)31)12-22(36)21-13-17(30)14-34(21)23(37)15-35-20-11-6-5-9-18(20)25(33-35)26(32)38;10-7-3-4-8-6(9(7)11)2-1-5-12-8;;1-2;/h1-9,17,23,35-36H,10-15H2,(H2,34,42);5-11,17,21H,12-15H2,1-4H3,(H2,32,38);3-4,12H,1-2,5H2;1H4;;1H2/t17-,23+;17-,21+;;;;/m11..../s1. The number of carbonyl (C=O) groups excluding carboxylic acids is 6. The van der Waals surface area contributed by atoms with Crippen LogP contribution in [-0.4, -0.2) is 140 Å². The van der Waals surface area contributed by atoms with Gasteiger partial charge < -0.3 is 46.5 Å². The van der Waals surface area contributed by atoms with E-state index in [9.17, 15) is 37.5 Å². The summed E-state index contributed by atoms with van der Waals surface area (Å²) >= 11 is 23.5. The molecule has 5 aliphatic heterocycles. The smallest absolute Gasteiger partial charge is 0.399 e. The number of halogens is 7. The molecule has 0 radical (unpaired) electrons. The van der Waals surface area contributed by atoms with Gasteiger partial charge >= 0.3 is 7.12 Å². The number of nitrogens with zero attached hydrogens (tertiary/aromatic N) is 6. The first kappa shape index (κ1) is 76.2. The van der Waals surface area contributed by atoms with Gasteiger partial charge in [0.1, 0.15) is 37.1 Å². The number of hydrogen-bond donors (Lipinski definition) is 5. The SMILES string of the molecule is C.CC1(C)OB(c2cccc(CC(=O)[C@@H]3C[C@@H](F)CN3C(=O)Cn3nc(C(N)=O)c4ccccc43)c2F)OC1(C)C.Clc1c(Br)ccc2c1CCCN2.NC(=O)c1nn(CC(=O)N2C[C@H](F)C[C@H]2C(=O)Cc2cccc(-c3ccc4c(c3Cl)NCCN4)c2F)c2ccccc12.S.S=S. The summed E-state index contributed by atoms with van der Waals surface area (Å²) < 4.78 is 76.1. The summed E-state index contributed by atoms with van der Waals surface area (Å²) in [5.74, 6) is -4.79. The van der Waals surface area contributed by atoms with Crippen LogP contribution in [0.15, 0.2) is 114 Å². The van der Waals surface area contributed by atoms with Crippen molar-refractivity contribution in [2.24, 2.45) is 11.5 Å². The number of para-hydroxylation sites is 2.